The summed E-state index contributed by atoms with van der Waals surface area (Å²) < 4.78 is 0. The third-order valence-electron chi connectivity index (χ3n) is 1.67. The van der Waals surface area contributed by atoms with Crippen LogP contribution in [0.15, 0.2) is 23.1 Å². The Labute approximate surface area is 86.5 Å². The van der Waals surface area contributed by atoms with Crippen molar-refractivity contribution in [2.75, 3.05) is 5.75 Å². The molecule has 5 heteroatoms. The van der Waals surface area contributed by atoms with Gasteiger partial charge in [0.15, 0.2) is 0 Å². The summed E-state index contributed by atoms with van der Waals surface area (Å²) in [6.45, 7) is 1.97. The number of para-hydroxylation sites is 1. The summed E-state index contributed by atoms with van der Waals surface area (Å²) in [7, 11) is 0. The molecule has 0 atom stereocenters. The van der Waals surface area contributed by atoms with Crippen molar-refractivity contribution in [1.29, 1.82) is 0 Å². The molecule has 4 nitrogen and oxygen atoms in total. The van der Waals surface area contributed by atoms with Crippen molar-refractivity contribution in [2.45, 2.75) is 11.8 Å². The molecule has 0 saturated carbocycles. The van der Waals surface area contributed by atoms with E-state index in [-0.39, 0.29) is 11.3 Å². The maximum absolute atomic E-state index is 11.2. The van der Waals surface area contributed by atoms with Crippen LogP contribution in [0, 0.1) is 0 Å². The predicted octanol–water partition coefficient (Wildman–Crippen LogP) is 1.11. The second kappa shape index (κ2) is 4.88. The van der Waals surface area contributed by atoms with Crippen molar-refractivity contribution in [1.82, 2.24) is 5.43 Å². The molecular formula is C9H12N2O2S. The average Bonchev–Trinajstić information content (AvgIpc) is 2.20. The lowest BCUT2D eigenvalue weighted by molar-refractivity contribution is 0.0950. The minimum atomic E-state index is -0.485. The van der Waals surface area contributed by atoms with E-state index in [1.807, 2.05) is 12.3 Å². The van der Waals surface area contributed by atoms with E-state index in [0.29, 0.717) is 4.90 Å². The summed E-state index contributed by atoms with van der Waals surface area (Å²) in [6.07, 6.45) is 0. The highest BCUT2D eigenvalue weighted by Gasteiger charge is 2.12. The highest BCUT2D eigenvalue weighted by atomic mass is 32.2. The molecule has 14 heavy (non-hydrogen) atoms. The van der Waals surface area contributed by atoms with Crippen molar-refractivity contribution in [2.24, 2.45) is 5.84 Å². The number of nitrogens with one attached hydrogen (secondary N) is 1. The fraction of sp³-hybridized carbons (Fsp3) is 0.222. The SMILES string of the molecule is CCSc1cccc(C(=O)NN)c1O. The minimum absolute atomic E-state index is 0.0118. The zero-order valence-electron chi connectivity index (χ0n) is 7.78. The van der Waals surface area contributed by atoms with Gasteiger partial charge >= 0.3 is 0 Å². The number of benzene rings is 1. The van der Waals surface area contributed by atoms with Crippen LogP contribution in [0.25, 0.3) is 0 Å². The number of nitrogen functional groups attached to an aromatic ring is 1. The van der Waals surface area contributed by atoms with Crippen LogP contribution in [-0.2, 0) is 0 Å². The zero-order chi connectivity index (χ0) is 10.6. The fourth-order valence-corrected chi connectivity index (χ4v) is 1.79. The molecule has 0 aliphatic carbocycles. The summed E-state index contributed by atoms with van der Waals surface area (Å²) in [5.41, 5.74) is 2.18. The molecule has 4 N–H and O–H groups in total. The van der Waals surface area contributed by atoms with Crippen molar-refractivity contribution < 1.29 is 9.90 Å². The number of hydrogen-bond acceptors (Lipinski definition) is 4. The molecule has 0 bridgehead atoms. The third-order valence-corrected chi connectivity index (χ3v) is 2.60. The lowest BCUT2D eigenvalue weighted by atomic mass is 10.2. The Morgan fingerprint density at radius 3 is 2.93 bits per heavy atom. The summed E-state index contributed by atoms with van der Waals surface area (Å²) in [5.74, 6) is 5.32. The van der Waals surface area contributed by atoms with E-state index in [1.165, 1.54) is 17.8 Å². The Morgan fingerprint density at radius 1 is 1.64 bits per heavy atom. The predicted molar refractivity (Wildman–Crippen MR) is 56.2 cm³/mol. The monoisotopic (exact) mass is 212 g/mol. The number of hydrazine groups is 1. The summed E-state index contributed by atoms with van der Waals surface area (Å²) in [4.78, 5) is 11.9. The molecule has 1 amide bonds. The van der Waals surface area contributed by atoms with Crippen LogP contribution in [0.4, 0.5) is 0 Å². The molecule has 0 saturated heterocycles. The normalized spacial score (nSPS) is 9.86. The maximum Gasteiger partial charge on any atom is 0.268 e. The number of thioether (sulfide) groups is 1. The van der Waals surface area contributed by atoms with Gasteiger partial charge in [0.25, 0.3) is 5.91 Å². The summed E-state index contributed by atoms with van der Waals surface area (Å²) >= 11 is 1.47. The number of carbonyl (C=O) groups is 1. The second-order valence-corrected chi connectivity index (χ2v) is 3.86. The molecule has 0 spiro atoms. The lowest BCUT2D eigenvalue weighted by Crippen LogP contribution is -2.30. The first-order valence-corrected chi connectivity index (χ1v) is 5.15. The van der Waals surface area contributed by atoms with Crippen molar-refractivity contribution in [3.05, 3.63) is 23.8 Å². The molecule has 0 aromatic heterocycles. The summed E-state index contributed by atoms with van der Waals surface area (Å²) in [5, 5.41) is 9.68. The highest BCUT2D eigenvalue weighted by Crippen LogP contribution is 2.30. The molecular weight excluding hydrogens is 200 g/mol. The fourth-order valence-electron chi connectivity index (χ4n) is 1.06. The number of phenolic OH excluding ortho intramolecular Hbond substituents is 1. The number of phenols is 1. The molecule has 0 unspecified atom stereocenters. The van der Waals surface area contributed by atoms with Crippen LogP contribution < -0.4 is 11.3 Å². The Morgan fingerprint density at radius 2 is 2.36 bits per heavy atom. The van der Waals surface area contributed by atoms with E-state index in [4.69, 9.17) is 5.84 Å². The Kier molecular flexibility index (Phi) is 3.79. The number of nitrogens with two attached hydrogens (primary N) is 1. The lowest BCUT2D eigenvalue weighted by Gasteiger charge is -2.06. The van der Waals surface area contributed by atoms with Crippen LogP contribution in [0.3, 0.4) is 0 Å². The Bertz CT molecular complexity index is 342. The summed E-state index contributed by atoms with van der Waals surface area (Å²) in [6, 6.07) is 5.00. The molecule has 1 rings (SSSR count). The minimum Gasteiger partial charge on any atom is -0.506 e. The van der Waals surface area contributed by atoms with Gasteiger partial charge in [-0.15, -0.1) is 11.8 Å². The van der Waals surface area contributed by atoms with Gasteiger partial charge in [-0.1, -0.05) is 13.0 Å². The quantitative estimate of drug-likeness (QED) is 0.303. The topological polar surface area (TPSA) is 75.4 Å². The Hall–Kier alpha value is -1.20. The number of rotatable bonds is 3. The highest BCUT2D eigenvalue weighted by molar-refractivity contribution is 7.99. The number of carbonyl (C=O) groups excluding carboxylic acids is 1. The average molecular weight is 212 g/mol. The van der Waals surface area contributed by atoms with Crippen LogP contribution in [0.5, 0.6) is 5.75 Å². The number of amides is 1. The smallest absolute Gasteiger partial charge is 0.268 e. The Balaban J connectivity index is 3.07. The van der Waals surface area contributed by atoms with Crippen molar-refractivity contribution in [3.63, 3.8) is 0 Å². The molecule has 0 aliphatic heterocycles. The van der Waals surface area contributed by atoms with E-state index in [9.17, 15) is 9.90 Å². The first-order chi connectivity index (χ1) is 6.70. The molecule has 0 heterocycles. The molecule has 0 radical (unpaired) electrons. The van der Waals surface area contributed by atoms with Crippen molar-refractivity contribution >= 4 is 17.7 Å². The van der Waals surface area contributed by atoms with E-state index in [2.05, 4.69) is 0 Å². The van der Waals surface area contributed by atoms with Gasteiger partial charge in [-0.05, 0) is 17.9 Å². The van der Waals surface area contributed by atoms with Crippen LogP contribution in [0.1, 0.15) is 17.3 Å². The van der Waals surface area contributed by atoms with Gasteiger partial charge in [-0.25, -0.2) is 5.84 Å². The van der Waals surface area contributed by atoms with Gasteiger partial charge < -0.3 is 5.11 Å². The van der Waals surface area contributed by atoms with Gasteiger partial charge in [-0.3, -0.25) is 10.2 Å². The molecule has 76 valence electrons. The molecule has 1 aromatic carbocycles. The van der Waals surface area contributed by atoms with Gasteiger partial charge in [0.05, 0.1) is 5.56 Å². The third kappa shape index (κ3) is 2.18. The van der Waals surface area contributed by atoms with Gasteiger partial charge in [0.1, 0.15) is 5.75 Å². The maximum atomic E-state index is 11.2. The van der Waals surface area contributed by atoms with Crippen LogP contribution in [-0.4, -0.2) is 16.8 Å². The number of aromatic hydroxyl groups is 1. The molecule has 1 aromatic rings. The van der Waals surface area contributed by atoms with E-state index < -0.39 is 5.91 Å². The van der Waals surface area contributed by atoms with Crippen LogP contribution in [0.2, 0.25) is 0 Å². The van der Waals surface area contributed by atoms with Gasteiger partial charge in [-0.2, -0.15) is 0 Å². The van der Waals surface area contributed by atoms with Crippen LogP contribution >= 0.6 is 11.8 Å². The van der Waals surface area contributed by atoms with Gasteiger partial charge in [0, 0.05) is 4.90 Å². The largest absolute Gasteiger partial charge is 0.506 e. The second-order valence-electron chi connectivity index (χ2n) is 2.56. The van der Waals surface area contributed by atoms with E-state index in [0.717, 1.165) is 5.75 Å². The zero-order valence-corrected chi connectivity index (χ0v) is 8.60. The van der Waals surface area contributed by atoms with Gasteiger partial charge in [0.2, 0.25) is 0 Å². The van der Waals surface area contributed by atoms with E-state index in [1.54, 1.807) is 12.1 Å². The van der Waals surface area contributed by atoms with E-state index >= 15 is 0 Å². The molecule has 0 aliphatic rings. The molecule has 0 fully saturated rings. The number of hydrogen-bond donors (Lipinski definition) is 3. The standard InChI is InChI=1S/C9H12N2O2S/c1-2-14-7-5-3-4-6(8(7)12)9(13)11-10/h3-5,12H,2,10H2,1H3,(H,11,13). The first kappa shape index (κ1) is 10.9. The van der Waals surface area contributed by atoms with Crippen molar-refractivity contribution in [3.8, 4) is 5.75 Å². The first-order valence-electron chi connectivity index (χ1n) is 4.16.